The van der Waals surface area contributed by atoms with E-state index in [0.717, 1.165) is 0 Å². The van der Waals surface area contributed by atoms with E-state index in [1.807, 2.05) is 0 Å². The van der Waals surface area contributed by atoms with Gasteiger partial charge in [-0.05, 0) is 18.2 Å². The second-order valence-electron chi connectivity index (χ2n) is 3.37. The average Bonchev–Trinajstić information content (AvgIpc) is 2.89. The summed E-state index contributed by atoms with van der Waals surface area (Å²) < 4.78 is 4.82. The normalized spacial score (nSPS) is 10.5. The molecule has 8 nitrogen and oxygen atoms in total. The van der Waals surface area contributed by atoms with Crippen LogP contribution in [0.2, 0.25) is 0 Å². The van der Waals surface area contributed by atoms with Crippen molar-refractivity contribution < 1.29 is 14.1 Å². The summed E-state index contributed by atoms with van der Waals surface area (Å²) in [5, 5.41) is 14.0. The van der Waals surface area contributed by atoms with E-state index in [0.29, 0.717) is 5.56 Å². The van der Waals surface area contributed by atoms with Gasteiger partial charge >= 0.3 is 5.88 Å². The zero-order valence-corrected chi connectivity index (χ0v) is 9.52. The van der Waals surface area contributed by atoms with Gasteiger partial charge < -0.3 is 4.42 Å². The molecule has 0 saturated carbocycles. The van der Waals surface area contributed by atoms with Gasteiger partial charge in [0.1, 0.15) is 4.92 Å². The van der Waals surface area contributed by atoms with Gasteiger partial charge in [0.25, 0.3) is 5.91 Å². The van der Waals surface area contributed by atoms with Crippen molar-refractivity contribution in [2.45, 2.75) is 0 Å². The number of aromatic nitrogens is 1. The summed E-state index contributed by atoms with van der Waals surface area (Å²) in [5.74, 6) is -0.636. The molecule has 2 aromatic rings. The molecule has 0 radical (unpaired) electrons. The van der Waals surface area contributed by atoms with Crippen molar-refractivity contribution in [3.63, 3.8) is 0 Å². The molecule has 1 N–H and O–H groups in total. The van der Waals surface area contributed by atoms with Crippen molar-refractivity contribution in [3.05, 3.63) is 58.1 Å². The molecule has 0 aromatic carbocycles. The molecule has 0 atom stereocenters. The summed E-state index contributed by atoms with van der Waals surface area (Å²) in [6.45, 7) is 0. The van der Waals surface area contributed by atoms with Crippen molar-refractivity contribution in [3.8, 4) is 0 Å². The van der Waals surface area contributed by atoms with E-state index < -0.39 is 10.8 Å². The second kappa shape index (κ2) is 5.54. The summed E-state index contributed by atoms with van der Waals surface area (Å²) in [5.41, 5.74) is 2.66. The van der Waals surface area contributed by atoms with E-state index >= 15 is 0 Å². The fourth-order valence-electron chi connectivity index (χ4n) is 1.23. The number of pyridine rings is 1. The number of hydrazone groups is 1. The number of hydrogen-bond acceptors (Lipinski definition) is 6. The summed E-state index contributed by atoms with van der Waals surface area (Å²) in [4.78, 5) is 25.0. The average molecular weight is 260 g/mol. The van der Waals surface area contributed by atoms with Crippen LogP contribution in [0.1, 0.15) is 16.1 Å². The van der Waals surface area contributed by atoms with Crippen LogP contribution in [0.4, 0.5) is 5.88 Å². The van der Waals surface area contributed by atoms with Crippen molar-refractivity contribution in [2.75, 3.05) is 0 Å². The lowest BCUT2D eigenvalue weighted by molar-refractivity contribution is -0.402. The predicted molar refractivity (Wildman–Crippen MR) is 64.7 cm³/mol. The molecule has 0 aliphatic carbocycles. The molecule has 1 amide bonds. The first kappa shape index (κ1) is 12.4. The van der Waals surface area contributed by atoms with Crippen LogP contribution in [0.15, 0.2) is 46.2 Å². The lowest BCUT2D eigenvalue weighted by Crippen LogP contribution is -2.17. The van der Waals surface area contributed by atoms with E-state index in [1.54, 1.807) is 0 Å². The Labute approximate surface area is 106 Å². The van der Waals surface area contributed by atoms with Crippen LogP contribution in [0.3, 0.4) is 0 Å². The van der Waals surface area contributed by atoms with Gasteiger partial charge in [0, 0.05) is 18.0 Å². The van der Waals surface area contributed by atoms with E-state index in [-0.39, 0.29) is 11.6 Å². The molecule has 0 unspecified atom stereocenters. The van der Waals surface area contributed by atoms with Gasteiger partial charge in [-0.3, -0.25) is 19.9 Å². The molecule has 19 heavy (non-hydrogen) atoms. The van der Waals surface area contributed by atoms with Gasteiger partial charge in [0.2, 0.25) is 0 Å². The van der Waals surface area contributed by atoms with Crippen molar-refractivity contribution >= 4 is 18.0 Å². The van der Waals surface area contributed by atoms with E-state index in [1.165, 1.54) is 42.9 Å². The zero-order chi connectivity index (χ0) is 13.7. The quantitative estimate of drug-likeness (QED) is 0.506. The number of nitrogens with zero attached hydrogens (tertiary/aromatic N) is 3. The number of nitro groups is 1. The zero-order valence-electron chi connectivity index (χ0n) is 9.52. The first-order chi connectivity index (χ1) is 9.16. The number of rotatable bonds is 4. The predicted octanol–water partition coefficient (Wildman–Crippen LogP) is 1.35. The summed E-state index contributed by atoms with van der Waals surface area (Å²) in [7, 11) is 0. The number of carbonyl (C=O) groups is 1. The first-order valence-corrected chi connectivity index (χ1v) is 5.14. The molecule has 0 aliphatic heterocycles. The molecule has 0 bridgehead atoms. The van der Waals surface area contributed by atoms with Crippen LogP contribution in [-0.2, 0) is 0 Å². The Morgan fingerprint density at radius 1 is 1.37 bits per heavy atom. The minimum Gasteiger partial charge on any atom is -0.400 e. The Bertz CT molecular complexity index is 621. The maximum Gasteiger partial charge on any atom is 0.433 e. The fourth-order valence-corrected chi connectivity index (χ4v) is 1.23. The number of hydrogen-bond donors (Lipinski definition) is 1. The van der Waals surface area contributed by atoms with Crippen LogP contribution in [-0.4, -0.2) is 22.0 Å². The minimum atomic E-state index is -0.660. The number of carbonyl (C=O) groups excluding carboxylic acids is 1. The van der Waals surface area contributed by atoms with Crippen LogP contribution in [0.25, 0.3) is 0 Å². The molecule has 0 fully saturated rings. The number of amides is 1. The molecule has 2 aromatic heterocycles. The van der Waals surface area contributed by atoms with Gasteiger partial charge in [-0.2, -0.15) is 5.10 Å². The molecular weight excluding hydrogens is 252 g/mol. The molecule has 2 rings (SSSR count). The largest absolute Gasteiger partial charge is 0.433 e. The Morgan fingerprint density at radius 2 is 2.11 bits per heavy atom. The van der Waals surface area contributed by atoms with Gasteiger partial charge in [-0.25, -0.2) is 5.43 Å². The third kappa shape index (κ3) is 3.22. The Morgan fingerprint density at radius 3 is 2.74 bits per heavy atom. The standard InChI is InChI=1S/C11H8N4O4/c16-11(8-3-5-12-6-4-8)14-13-7-9-1-2-10(19-9)15(17)18/h1-7H,(H,14,16)/b13-7+. The third-order valence-corrected chi connectivity index (χ3v) is 2.09. The highest BCUT2D eigenvalue weighted by Gasteiger charge is 2.10. The van der Waals surface area contributed by atoms with E-state index in [9.17, 15) is 14.9 Å². The lowest BCUT2D eigenvalue weighted by Gasteiger charge is -1.97. The maximum absolute atomic E-state index is 11.6. The minimum absolute atomic E-state index is 0.168. The van der Waals surface area contributed by atoms with Gasteiger partial charge in [-0.1, -0.05) is 0 Å². The number of furan rings is 1. The fraction of sp³-hybridized carbons (Fsp3) is 0. The first-order valence-electron chi connectivity index (χ1n) is 5.14. The van der Waals surface area contributed by atoms with Gasteiger partial charge in [0.15, 0.2) is 5.76 Å². The highest BCUT2D eigenvalue weighted by Crippen LogP contribution is 2.13. The molecule has 8 heteroatoms. The second-order valence-corrected chi connectivity index (χ2v) is 3.37. The molecule has 96 valence electrons. The Kier molecular flexibility index (Phi) is 3.62. The van der Waals surface area contributed by atoms with Crippen LogP contribution in [0.5, 0.6) is 0 Å². The summed E-state index contributed by atoms with van der Waals surface area (Å²) >= 11 is 0. The SMILES string of the molecule is O=C(N/N=C/c1ccc([N+](=O)[O-])o1)c1ccncc1. The van der Waals surface area contributed by atoms with Crippen LogP contribution in [0, 0.1) is 10.1 Å². The molecular formula is C11H8N4O4. The van der Waals surface area contributed by atoms with Crippen LogP contribution >= 0.6 is 0 Å². The lowest BCUT2D eigenvalue weighted by atomic mass is 10.3. The summed E-state index contributed by atoms with van der Waals surface area (Å²) in [6.07, 6.45) is 4.13. The Hall–Kier alpha value is -3.03. The summed E-state index contributed by atoms with van der Waals surface area (Å²) in [6, 6.07) is 5.64. The highest BCUT2D eigenvalue weighted by molar-refractivity contribution is 5.94. The van der Waals surface area contributed by atoms with E-state index in [2.05, 4.69) is 15.5 Å². The van der Waals surface area contributed by atoms with Crippen molar-refractivity contribution in [1.82, 2.24) is 10.4 Å². The van der Waals surface area contributed by atoms with Gasteiger partial charge in [0.05, 0.1) is 12.3 Å². The maximum atomic E-state index is 11.6. The van der Waals surface area contributed by atoms with Crippen molar-refractivity contribution in [2.24, 2.45) is 5.10 Å². The number of nitrogens with one attached hydrogen (secondary N) is 1. The molecule has 0 saturated heterocycles. The van der Waals surface area contributed by atoms with Crippen molar-refractivity contribution in [1.29, 1.82) is 0 Å². The monoisotopic (exact) mass is 260 g/mol. The smallest absolute Gasteiger partial charge is 0.400 e. The third-order valence-electron chi connectivity index (χ3n) is 2.09. The highest BCUT2D eigenvalue weighted by atomic mass is 16.6. The molecule has 2 heterocycles. The Balaban J connectivity index is 1.96. The van der Waals surface area contributed by atoms with Gasteiger partial charge in [-0.15, -0.1) is 0 Å². The molecule has 0 aliphatic rings. The van der Waals surface area contributed by atoms with Crippen LogP contribution < -0.4 is 5.43 Å². The topological polar surface area (TPSA) is 111 Å². The van der Waals surface area contributed by atoms with E-state index in [4.69, 9.17) is 4.42 Å². The molecule has 0 spiro atoms.